The van der Waals surface area contributed by atoms with E-state index in [1.54, 1.807) is 11.8 Å². The molecule has 0 aliphatic rings. The predicted molar refractivity (Wildman–Crippen MR) is 70.2 cm³/mol. The van der Waals surface area contributed by atoms with E-state index >= 15 is 0 Å². The molecule has 2 heteroatoms. The number of hydrogen-bond donors (Lipinski definition) is 0. The van der Waals surface area contributed by atoms with Gasteiger partial charge in [0, 0.05) is 14.9 Å². The van der Waals surface area contributed by atoms with E-state index in [-0.39, 0.29) is 0 Å². The van der Waals surface area contributed by atoms with Gasteiger partial charge in [-0.2, -0.15) is 0 Å². The van der Waals surface area contributed by atoms with E-state index in [9.17, 15) is 0 Å². The van der Waals surface area contributed by atoms with Crippen LogP contribution in [-0.4, -0.2) is 6.26 Å². The van der Waals surface area contributed by atoms with Crippen LogP contribution in [0.15, 0.2) is 51.8 Å². The van der Waals surface area contributed by atoms with Crippen molar-refractivity contribution in [3.8, 4) is 11.1 Å². The van der Waals surface area contributed by atoms with E-state index in [1.807, 2.05) is 12.1 Å². The Morgan fingerprint density at radius 3 is 2.53 bits per heavy atom. The van der Waals surface area contributed by atoms with Crippen LogP contribution in [0.3, 0.4) is 0 Å². The molecule has 0 saturated heterocycles. The average Bonchev–Trinajstić information content (AvgIpc) is 2.30. The van der Waals surface area contributed by atoms with Crippen molar-refractivity contribution >= 4 is 27.7 Å². The van der Waals surface area contributed by atoms with Crippen molar-refractivity contribution in [2.45, 2.75) is 4.90 Å². The van der Waals surface area contributed by atoms with Crippen molar-refractivity contribution in [3.63, 3.8) is 0 Å². The molecule has 0 fully saturated rings. The Morgan fingerprint density at radius 2 is 1.87 bits per heavy atom. The zero-order valence-electron chi connectivity index (χ0n) is 8.33. The van der Waals surface area contributed by atoms with Crippen LogP contribution in [0.5, 0.6) is 0 Å². The zero-order chi connectivity index (χ0) is 10.7. The minimum atomic E-state index is 1.10. The Morgan fingerprint density at radius 1 is 1.13 bits per heavy atom. The van der Waals surface area contributed by atoms with Crippen molar-refractivity contribution < 1.29 is 0 Å². The van der Waals surface area contributed by atoms with Crippen molar-refractivity contribution in [2.75, 3.05) is 6.26 Å². The fourth-order valence-electron chi connectivity index (χ4n) is 1.43. The molecule has 0 aromatic heterocycles. The van der Waals surface area contributed by atoms with Gasteiger partial charge in [0.05, 0.1) is 0 Å². The largest absolute Gasteiger partial charge is 0.129 e. The molecule has 0 aliphatic carbocycles. The maximum absolute atomic E-state index is 3.44. The Kier molecular flexibility index (Phi) is 3.49. The summed E-state index contributed by atoms with van der Waals surface area (Å²) in [4.78, 5) is 1.26. The van der Waals surface area contributed by atoms with Gasteiger partial charge in [0.1, 0.15) is 0 Å². The van der Waals surface area contributed by atoms with Crippen LogP contribution in [0.1, 0.15) is 0 Å². The van der Waals surface area contributed by atoms with Gasteiger partial charge < -0.3 is 0 Å². The fourth-order valence-corrected chi connectivity index (χ4v) is 2.29. The van der Waals surface area contributed by atoms with Crippen LogP contribution >= 0.6 is 27.7 Å². The first-order valence-electron chi connectivity index (χ1n) is 4.62. The van der Waals surface area contributed by atoms with Gasteiger partial charge in [-0.3, -0.25) is 0 Å². The van der Waals surface area contributed by atoms with Crippen LogP contribution in [-0.2, 0) is 0 Å². The topological polar surface area (TPSA) is 0 Å². The molecule has 2 rings (SSSR count). The lowest BCUT2D eigenvalue weighted by Crippen LogP contribution is -1.81. The first-order valence-corrected chi connectivity index (χ1v) is 6.63. The maximum Gasteiger partial charge on any atom is 0.0175 e. The van der Waals surface area contributed by atoms with Gasteiger partial charge in [-0.1, -0.05) is 40.2 Å². The summed E-state index contributed by atoms with van der Waals surface area (Å²) in [5, 5.41) is 0. The standard InChI is InChI=1S/C13H10BrS/c1-15-13-5-3-2-4-12(13)10-6-8-11(14)9-7-10/h2-3,5-9H,1H3. The van der Waals surface area contributed by atoms with Gasteiger partial charge in [-0.25, -0.2) is 0 Å². The minimum absolute atomic E-state index is 1.10. The Balaban J connectivity index is 2.49. The molecule has 2 aromatic carbocycles. The summed E-state index contributed by atoms with van der Waals surface area (Å²) < 4.78 is 1.10. The van der Waals surface area contributed by atoms with Crippen LogP contribution in [0.4, 0.5) is 0 Å². The van der Waals surface area contributed by atoms with Crippen molar-refractivity contribution in [2.24, 2.45) is 0 Å². The fraction of sp³-hybridized carbons (Fsp3) is 0.0769. The molecule has 0 nitrogen and oxygen atoms in total. The molecule has 0 aliphatic heterocycles. The van der Waals surface area contributed by atoms with Gasteiger partial charge in [-0.05, 0) is 36.1 Å². The smallest absolute Gasteiger partial charge is 0.0175 e. The molecule has 0 spiro atoms. The van der Waals surface area contributed by atoms with Gasteiger partial charge in [0.2, 0.25) is 0 Å². The van der Waals surface area contributed by atoms with E-state index in [1.165, 1.54) is 16.0 Å². The summed E-state index contributed by atoms with van der Waals surface area (Å²) in [5.41, 5.74) is 2.39. The summed E-state index contributed by atoms with van der Waals surface area (Å²) in [6.45, 7) is 0. The first kappa shape index (κ1) is 10.8. The van der Waals surface area contributed by atoms with Crippen LogP contribution in [0.2, 0.25) is 0 Å². The highest BCUT2D eigenvalue weighted by atomic mass is 79.9. The van der Waals surface area contributed by atoms with E-state index < -0.39 is 0 Å². The van der Waals surface area contributed by atoms with E-state index in [0.29, 0.717) is 0 Å². The van der Waals surface area contributed by atoms with Gasteiger partial charge in [0.25, 0.3) is 0 Å². The van der Waals surface area contributed by atoms with Gasteiger partial charge in [0.15, 0.2) is 0 Å². The highest BCUT2D eigenvalue weighted by molar-refractivity contribution is 9.10. The molecule has 75 valence electrons. The molecule has 0 bridgehead atoms. The van der Waals surface area contributed by atoms with E-state index in [2.05, 4.69) is 58.6 Å². The number of thioether (sulfide) groups is 1. The van der Waals surface area contributed by atoms with Crippen molar-refractivity contribution in [1.29, 1.82) is 0 Å². The number of rotatable bonds is 2. The Labute approximate surface area is 103 Å². The summed E-state index contributed by atoms with van der Waals surface area (Å²) in [6, 6.07) is 17.7. The van der Waals surface area contributed by atoms with Crippen LogP contribution in [0, 0.1) is 6.07 Å². The molecule has 0 unspecified atom stereocenters. The molecule has 0 atom stereocenters. The monoisotopic (exact) mass is 277 g/mol. The second-order valence-corrected chi connectivity index (χ2v) is 4.88. The minimum Gasteiger partial charge on any atom is -0.129 e. The summed E-state index contributed by atoms with van der Waals surface area (Å²) >= 11 is 5.19. The molecule has 0 saturated carbocycles. The summed E-state index contributed by atoms with van der Waals surface area (Å²) in [7, 11) is 0. The quantitative estimate of drug-likeness (QED) is 0.721. The highest BCUT2D eigenvalue weighted by Crippen LogP contribution is 2.30. The number of hydrogen-bond acceptors (Lipinski definition) is 1. The molecular formula is C13H10BrS. The summed E-state index contributed by atoms with van der Waals surface area (Å²) in [6.07, 6.45) is 2.09. The molecule has 2 aromatic rings. The molecule has 0 heterocycles. The average molecular weight is 278 g/mol. The van der Waals surface area contributed by atoms with Gasteiger partial charge >= 0.3 is 0 Å². The normalized spacial score (nSPS) is 10.3. The van der Waals surface area contributed by atoms with Crippen molar-refractivity contribution in [1.82, 2.24) is 0 Å². The molecule has 1 radical (unpaired) electrons. The zero-order valence-corrected chi connectivity index (χ0v) is 10.7. The Hall–Kier alpha value is -0.730. The van der Waals surface area contributed by atoms with Crippen molar-refractivity contribution in [3.05, 3.63) is 53.0 Å². The molecular weight excluding hydrogens is 268 g/mol. The second kappa shape index (κ2) is 4.86. The summed E-state index contributed by atoms with van der Waals surface area (Å²) in [5.74, 6) is 0. The SMILES string of the molecule is CSc1ccc[c]c1-c1ccc(Br)cc1. The lowest BCUT2D eigenvalue weighted by Gasteiger charge is -2.06. The third-order valence-corrected chi connectivity index (χ3v) is 3.48. The highest BCUT2D eigenvalue weighted by Gasteiger charge is 2.02. The third-order valence-electron chi connectivity index (χ3n) is 2.17. The first-order chi connectivity index (χ1) is 7.31. The maximum atomic E-state index is 3.44. The van der Waals surface area contributed by atoms with Gasteiger partial charge in [-0.15, -0.1) is 11.8 Å². The Bertz CT molecular complexity index is 448. The predicted octanol–water partition coefficient (Wildman–Crippen LogP) is 4.64. The second-order valence-electron chi connectivity index (χ2n) is 3.12. The van der Waals surface area contributed by atoms with E-state index in [4.69, 9.17) is 0 Å². The van der Waals surface area contributed by atoms with Crippen LogP contribution < -0.4 is 0 Å². The molecule has 15 heavy (non-hydrogen) atoms. The lowest BCUT2D eigenvalue weighted by atomic mass is 10.1. The van der Waals surface area contributed by atoms with E-state index in [0.717, 1.165) is 4.47 Å². The van der Waals surface area contributed by atoms with Crippen LogP contribution in [0.25, 0.3) is 11.1 Å². The molecule has 0 N–H and O–H groups in total. The third kappa shape index (κ3) is 2.44. The number of benzene rings is 2. The lowest BCUT2D eigenvalue weighted by molar-refractivity contribution is 1.44. The number of halogens is 1. The molecule has 0 amide bonds.